The SMILES string of the molecule is Cc1ccc(C)c(OCCCCN2CCCC2)c1C. The fourth-order valence-corrected chi connectivity index (χ4v) is 2.77. The van der Waals surface area contributed by atoms with Gasteiger partial charge in [0.05, 0.1) is 6.61 Å². The molecule has 1 saturated heterocycles. The van der Waals surface area contributed by atoms with Gasteiger partial charge in [-0.3, -0.25) is 0 Å². The number of benzene rings is 1. The van der Waals surface area contributed by atoms with E-state index in [1.807, 2.05) is 0 Å². The van der Waals surface area contributed by atoms with Gasteiger partial charge < -0.3 is 9.64 Å². The van der Waals surface area contributed by atoms with Gasteiger partial charge in [0.15, 0.2) is 0 Å². The van der Waals surface area contributed by atoms with Gasteiger partial charge in [-0.2, -0.15) is 0 Å². The molecule has 106 valence electrons. The second-order valence-electron chi connectivity index (χ2n) is 5.76. The van der Waals surface area contributed by atoms with Crippen molar-refractivity contribution < 1.29 is 4.74 Å². The first-order valence-electron chi connectivity index (χ1n) is 7.60. The lowest BCUT2D eigenvalue weighted by atomic mass is 10.1. The Labute approximate surface area is 117 Å². The highest BCUT2D eigenvalue weighted by Gasteiger charge is 2.10. The maximum atomic E-state index is 5.99. The summed E-state index contributed by atoms with van der Waals surface area (Å²) in [5.41, 5.74) is 3.86. The highest BCUT2D eigenvalue weighted by atomic mass is 16.5. The first-order chi connectivity index (χ1) is 9.18. The molecule has 1 aromatic rings. The van der Waals surface area contributed by atoms with Gasteiger partial charge >= 0.3 is 0 Å². The lowest BCUT2D eigenvalue weighted by Crippen LogP contribution is -2.20. The van der Waals surface area contributed by atoms with Crippen LogP contribution in [0, 0.1) is 20.8 Å². The fraction of sp³-hybridized carbons (Fsp3) is 0.647. The highest BCUT2D eigenvalue weighted by molar-refractivity contribution is 5.44. The van der Waals surface area contributed by atoms with E-state index in [-0.39, 0.29) is 0 Å². The molecule has 2 rings (SSSR count). The zero-order valence-electron chi connectivity index (χ0n) is 12.7. The Morgan fingerprint density at radius 3 is 2.42 bits per heavy atom. The minimum atomic E-state index is 0.846. The number of likely N-dealkylation sites (tertiary alicyclic amines) is 1. The number of hydrogen-bond acceptors (Lipinski definition) is 2. The molecule has 1 aliphatic rings. The zero-order chi connectivity index (χ0) is 13.7. The van der Waals surface area contributed by atoms with Crippen LogP contribution in [0.15, 0.2) is 12.1 Å². The first kappa shape index (κ1) is 14.4. The molecular formula is C17H27NO. The van der Waals surface area contributed by atoms with Gasteiger partial charge in [0, 0.05) is 0 Å². The average molecular weight is 261 g/mol. The van der Waals surface area contributed by atoms with Gasteiger partial charge in [-0.05, 0) is 82.8 Å². The van der Waals surface area contributed by atoms with Crippen molar-refractivity contribution in [3.05, 3.63) is 28.8 Å². The molecule has 0 radical (unpaired) electrons. The molecule has 0 unspecified atom stereocenters. The number of ether oxygens (including phenoxy) is 1. The second kappa shape index (κ2) is 6.95. The minimum Gasteiger partial charge on any atom is -0.493 e. The Morgan fingerprint density at radius 1 is 1.00 bits per heavy atom. The molecule has 0 spiro atoms. The lowest BCUT2D eigenvalue weighted by molar-refractivity contribution is 0.277. The van der Waals surface area contributed by atoms with Gasteiger partial charge in [0.2, 0.25) is 0 Å². The Hall–Kier alpha value is -1.02. The van der Waals surface area contributed by atoms with Crippen molar-refractivity contribution >= 4 is 0 Å². The van der Waals surface area contributed by atoms with E-state index in [0.717, 1.165) is 18.8 Å². The Morgan fingerprint density at radius 2 is 1.68 bits per heavy atom. The number of aryl methyl sites for hydroxylation is 2. The van der Waals surface area contributed by atoms with Crippen LogP contribution in [-0.2, 0) is 0 Å². The van der Waals surface area contributed by atoms with Crippen LogP contribution in [0.25, 0.3) is 0 Å². The van der Waals surface area contributed by atoms with Crippen LogP contribution in [0.4, 0.5) is 0 Å². The van der Waals surface area contributed by atoms with Crippen molar-refractivity contribution in [3.8, 4) is 5.75 Å². The maximum absolute atomic E-state index is 5.99. The molecule has 1 fully saturated rings. The largest absolute Gasteiger partial charge is 0.493 e. The van der Waals surface area contributed by atoms with Gasteiger partial charge in [0.25, 0.3) is 0 Å². The van der Waals surface area contributed by atoms with Crippen LogP contribution < -0.4 is 4.74 Å². The summed E-state index contributed by atoms with van der Waals surface area (Å²) in [6.07, 6.45) is 5.18. The van der Waals surface area contributed by atoms with E-state index in [4.69, 9.17) is 4.74 Å². The van der Waals surface area contributed by atoms with Gasteiger partial charge in [-0.25, -0.2) is 0 Å². The second-order valence-corrected chi connectivity index (χ2v) is 5.76. The lowest BCUT2D eigenvalue weighted by Gasteiger charge is -2.16. The molecule has 1 heterocycles. The van der Waals surface area contributed by atoms with Crippen molar-refractivity contribution in [1.29, 1.82) is 0 Å². The minimum absolute atomic E-state index is 0.846. The van der Waals surface area contributed by atoms with E-state index in [0.29, 0.717) is 0 Å². The molecule has 1 aliphatic heterocycles. The molecule has 0 saturated carbocycles. The molecule has 2 nitrogen and oxygen atoms in total. The summed E-state index contributed by atoms with van der Waals surface area (Å²) in [6, 6.07) is 4.33. The normalized spacial score (nSPS) is 15.9. The Bertz CT molecular complexity index is 408. The summed E-state index contributed by atoms with van der Waals surface area (Å²) in [5, 5.41) is 0. The van der Waals surface area contributed by atoms with Crippen molar-refractivity contribution in [1.82, 2.24) is 4.90 Å². The topological polar surface area (TPSA) is 12.5 Å². The van der Waals surface area contributed by atoms with E-state index in [1.165, 1.54) is 55.6 Å². The Kier molecular flexibility index (Phi) is 5.26. The molecule has 0 atom stereocenters. The number of rotatable bonds is 6. The number of nitrogens with zero attached hydrogens (tertiary/aromatic N) is 1. The van der Waals surface area contributed by atoms with Crippen LogP contribution >= 0.6 is 0 Å². The third kappa shape index (κ3) is 3.97. The average Bonchev–Trinajstić information content (AvgIpc) is 2.90. The highest BCUT2D eigenvalue weighted by Crippen LogP contribution is 2.25. The van der Waals surface area contributed by atoms with E-state index < -0.39 is 0 Å². The molecule has 2 heteroatoms. The van der Waals surface area contributed by atoms with Crippen LogP contribution in [0.2, 0.25) is 0 Å². The van der Waals surface area contributed by atoms with E-state index in [1.54, 1.807) is 0 Å². The third-order valence-electron chi connectivity index (χ3n) is 4.19. The molecule has 0 amide bonds. The van der Waals surface area contributed by atoms with Crippen molar-refractivity contribution in [3.63, 3.8) is 0 Å². The fourth-order valence-electron chi connectivity index (χ4n) is 2.77. The van der Waals surface area contributed by atoms with Crippen LogP contribution in [0.1, 0.15) is 42.4 Å². The maximum Gasteiger partial charge on any atom is 0.125 e. The number of unbranched alkanes of at least 4 members (excludes halogenated alkanes) is 1. The summed E-state index contributed by atoms with van der Waals surface area (Å²) in [6.45, 7) is 11.1. The number of hydrogen-bond donors (Lipinski definition) is 0. The molecule has 1 aromatic carbocycles. The van der Waals surface area contributed by atoms with E-state index in [9.17, 15) is 0 Å². The Balaban J connectivity index is 1.72. The predicted octanol–water partition coefficient (Wildman–Crippen LogP) is 3.87. The summed E-state index contributed by atoms with van der Waals surface area (Å²) >= 11 is 0. The standard InChI is InChI=1S/C17H27NO/c1-14-8-9-15(2)17(16(14)3)19-13-7-6-12-18-10-4-5-11-18/h8-9H,4-7,10-13H2,1-3H3. The van der Waals surface area contributed by atoms with E-state index in [2.05, 4.69) is 37.8 Å². The molecule has 0 aliphatic carbocycles. The summed E-state index contributed by atoms with van der Waals surface area (Å²) in [7, 11) is 0. The van der Waals surface area contributed by atoms with Crippen molar-refractivity contribution in [2.24, 2.45) is 0 Å². The van der Waals surface area contributed by atoms with Crippen LogP contribution in [0.5, 0.6) is 5.75 Å². The van der Waals surface area contributed by atoms with Crippen molar-refractivity contribution in [2.75, 3.05) is 26.2 Å². The van der Waals surface area contributed by atoms with Crippen LogP contribution in [0.3, 0.4) is 0 Å². The van der Waals surface area contributed by atoms with Gasteiger partial charge in [-0.15, -0.1) is 0 Å². The van der Waals surface area contributed by atoms with E-state index >= 15 is 0 Å². The zero-order valence-corrected chi connectivity index (χ0v) is 12.7. The monoisotopic (exact) mass is 261 g/mol. The third-order valence-corrected chi connectivity index (χ3v) is 4.19. The van der Waals surface area contributed by atoms with Gasteiger partial charge in [0.1, 0.15) is 5.75 Å². The van der Waals surface area contributed by atoms with Crippen molar-refractivity contribution in [2.45, 2.75) is 46.5 Å². The quantitative estimate of drug-likeness (QED) is 0.721. The molecule has 0 N–H and O–H groups in total. The first-order valence-corrected chi connectivity index (χ1v) is 7.60. The molecular weight excluding hydrogens is 234 g/mol. The van der Waals surface area contributed by atoms with Crippen LogP contribution in [-0.4, -0.2) is 31.1 Å². The predicted molar refractivity (Wildman–Crippen MR) is 81.1 cm³/mol. The molecule has 0 bridgehead atoms. The summed E-state index contributed by atoms with van der Waals surface area (Å²) < 4.78 is 5.99. The van der Waals surface area contributed by atoms with Gasteiger partial charge in [-0.1, -0.05) is 12.1 Å². The summed E-state index contributed by atoms with van der Waals surface area (Å²) in [5.74, 6) is 1.10. The smallest absolute Gasteiger partial charge is 0.125 e. The molecule has 19 heavy (non-hydrogen) atoms. The summed E-state index contributed by atoms with van der Waals surface area (Å²) in [4.78, 5) is 2.57. The molecule has 0 aromatic heterocycles.